The normalized spacial score (nSPS) is 17.7. The predicted octanol–water partition coefficient (Wildman–Crippen LogP) is 3.19. The molecule has 1 N–H and O–H groups in total. The van der Waals surface area contributed by atoms with E-state index in [0.717, 1.165) is 36.5 Å². The van der Waals surface area contributed by atoms with Crippen molar-refractivity contribution >= 4 is 23.2 Å². The molecule has 0 unspecified atom stereocenters. The van der Waals surface area contributed by atoms with Crippen molar-refractivity contribution in [2.24, 2.45) is 0 Å². The van der Waals surface area contributed by atoms with Crippen LogP contribution in [-0.2, 0) is 4.79 Å². The third-order valence-corrected chi connectivity index (χ3v) is 5.23. The van der Waals surface area contributed by atoms with E-state index < -0.39 is 0 Å². The van der Waals surface area contributed by atoms with Gasteiger partial charge in [0.2, 0.25) is 11.9 Å². The number of rotatable bonds is 6. The Kier molecular flexibility index (Phi) is 5.74. The van der Waals surface area contributed by atoms with Crippen LogP contribution in [0.15, 0.2) is 23.8 Å². The lowest BCUT2D eigenvalue weighted by atomic mass is 10.0. The molecule has 1 aliphatic heterocycles. The average Bonchev–Trinajstić information content (AvgIpc) is 3.06. The van der Waals surface area contributed by atoms with E-state index in [1.165, 1.54) is 6.42 Å². The predicted molar refractivity (Wildman–Crippen MR) is 94.9 cm³/mol. The first-order valence-electron chi connectivity index (χ1n) is 8.46. The number of amides is 1. The molecule has 6 nitrogen and oxygen atoms in total. The summed E-state index contributed by atoms with van der Waals surface area (Å²) >= 11 is 1.67. The van der Waals surface area contributed by atoms with Gasteiger partial charge in [0.1, 0.15) is 5.01 Å². The second-order valence-corrected chi connectivity index (χ2v) is 6.92. The van der Waals surface area contributed by atoms with Crippen molar-refractivity contribution < 1.29 is 4.79 Å². The largest absolute Gasteiger partial charge is 0.354 e. The van der Waals surface area contributed by atoms with Crippen LogP contribution in [0.4, 0.5) is 5.95 Å². The molecule has 1 amide bonds. The highest BCUT2D eigenvalue weighted by Crippen LogP contribution is 2.33. The molecule has 1 saturated heterocycles. The number of piperidine rings is 1. The van der Waals surface area contributed by atoms with Crippen LogP contribution in [0.1, 0.15) is 48.8 Å². The van der Waals surface area contributed by atoms with Gasteiger partial charge in [-0.05, 0) is 38.7 Å². The fourth-order valence-corrected chi connectivity index (χ4v) is 3.93. The van der Waals surface area contributed by atoms with Gasteiger partial charge >= 0.3 is 0 Å². The monoisotopic (exact) mass is 345 g/mol. The van der Waals surface area contributed by atoms with Crippen molar-refractivity contribution in [2.45, 2.75) is 45.1 Å². The van der Waals surface area contributed by atoms with Gasteiger partial charge in [0, 0.05) is 43.0 Å². The minimum absolute atomic E-state index is 0.162. The third-order valence-electron chi connectivity index (χ3n) is 4.16. The van der Waals surface area contributed by atoms with Crippen LogP contribution in [0.3, 0.4) is 0 Å². The third kappa shape index (κ3) is 4.29. The number of anilines is 1. The molecule has 2 aromatic heterocycles. The Morgan fingerprint density at radius 1 is 1.38 bits per heavy atom. The number of nitrogens with one attached hydrogen (secondary N) is 1. The van der Waals surface area contributed by atoms with Gasteiger partial charge in [0.15, 0.2) is 0 Å². The quantitative estimate of drug-likeness (QED) is 0.814. The standard InChI is InChI=1S/C17H23N5OS/c1-13-12-24-16(21-13)14-6-2-3-11-22(14)15(23)7-4-8-18-17-19-9-5-10-20-17/h5,9-10,12,14H,2-4,6-8,11H2,1H3,(H,18,19,20)/t14-/m0/s1. The lowest BCUT2D eigenvalue weighted by molar-refractivity contribution is -0.135. The molecule has 0 spiro atoms. The van der Waals surface area contributed by atoms with Crippen molar-refractivity contribution in [3.8, 4) is 0 Å². The maximum absolute atomic E-state index is 12.6. The molecule has 3 heterocycles. The van der Waals surface area contributed by atoms with Crippen molar-refractivity contribution in [1.29, 1.82) is 0 Å². The van der Waals surface area contributed by atoms with Crippen LogP contribution >= 0.6 is 11.3 Å². The first kappa shape index (κ1) is 16.8. The summed E-state index contributed by atoms with van der Waals surface area (Å²) in [6.45, 7) is 3.55. The van der Waals surface area contributed by atoms with E-state index >= 15 is 0 Å². The minimum Gasteiger partial charge on any atom is -0.354 e. The van der Waals surface area contributed by atoms with Gasteiger partial charge in [-0.25, -0.2) is 15.0 Å². The van der Waals surface area contributed by atoms with Crippen molar-refractivity contribution in [2.75, 3.05) is 18.4 Å². The van der Waals surface area contributed by atoms with Crippen molar-refractivity contribution in [3.05, 3.63) is 34.5 Å². The fourth-order valence-electron chi connectivity index (χ4n) is 2.99. The molecule has 7 heteroatoms. The second-order valence-electron chi connectivity index (χ2n) is 6.03. The molecule has 0 bridgehead atoms. The Balaban J connectivity index is 1.51. The topological polar surface area (TPSA) is 71.0 Å². The summed E-state index contributed by atoms with van der Waals surface area (Å²) in [6, 6.07) is 1.95. The molecule has 3 rings (SSSR count). The Morgan fingerprint density at radius 3 is 2.96 bits per heavy atom. The number of carbonyl (C=O) groups excluding carboxylic acids is 1. The number of aromatic nitrogens is 3. The van der Waals surface area contributed by atoms with Crippen LogP contribution in [0, 0.1) is 6.92 Å². The van der Waals surface area contributed by atoms with Crippen LogP contribution in [0.2, 0.25) is 0 Å². The lowest BCUT2D eigenvalue weighted by Gasteiger charge is -2.34. The van der Waals surface area contributed by atoms with Gasteiger partial charge in [0.25, 0.3) is 0 Å². The minimum atomic E-state index is 0.162. The summed E-state index contributed by atoms with van der Waals surface area (Å²) in [6.07, 6.45) is 8.00. The van der Waals surface area contributed by atoms with E-state index in [0.29, 0.717) is 18.9 Å². The highest BCUT2D eigenvalue weighted by Gasteiger charge is 2.29. The van der Waals surface area contributed by atoms with E-state index in [1.807, 2.05) is 11.8 Å². The molecule has 0 saturated carbocycles. The number of nitrogens with zero attached hydrogens (tertiary/aromatic N) is 4. The van der Waals surface area contributed by atoms with Gasteiger partial charge in [-0.3, -0.25) is 4.79 Å². The van der Waals surface area contributed by atoms with Gasteiger partial charge in [-0.1, -0.05) is 0 Å². The Bertz CT molecular complexity index is 660. The molecular weight excluding hydrogens is 322 g/mol. The van der Waals surface area contributed by atoms with E-state index in [4.69, 9.17) is 0 Å². The second kappa shape index (κ2) is 8.19. The zero-order valence-electron chi connectivity index (χ0n) is 13.9. The van der Waals surface area contributed by atoms with E-state index in [-0.39, 0.29) is 11.9 Å². The fraction of sp³-hybridized carbons (Fsp3) is 0.529. The van der Waals surface area contributed by atoms with E-state index in [9.17, 15) is 4.79 Å². The number of hydrogen-bond acceptors (Lipinski definition) is 6. The lowest BCUT2D eigenvalue weighted by Crippen LogP contribution is -2.38. The van der Waals surface area contributed by atoms with E-state index in [2.05, 4.69) is 25.6 Å². The summed E-state index contributed by atoms with van der Waals surface area (Å²) < 4.78 is 0. The molecule has 0 aliphatic carbocycles. The Hall–Kier alpha value is -2.02. The number of hydrogen-bond donors (Lipinski definition) is 1. The zero-order valence-corrected chi connectivity index (χ0v) is 14.8. The highest BCUT2D eigenvalue weighted by molar-refractivity contribution is 7.09. The molecule has 1 fully saturated rings. The summed E-state index contributed by atoms with van der Waals surface area (Å²) in [7, 11) is 0. The molecular formula is C17H23N5OS. The van der Waals surface area contributed by atoms with Crippen LogP contribution in [0.25, 0.3) is 0 Å². The summed E-state index contributed by atoms with van der Waals surface area (Å²) in [4.78, 5) is 27.5. The highest BCUT2D eigenvalue weighted by atomic mass is 32.1. The van der Waals surface area contributed by atoms with Gasteiger partial charge in [0.05, 0.1) is 6.04 Å². The molecule has 0 aromatic carbocycles. The molecule has 24 heavy (non-hydrogen) atoms. The van der Waals surface area contributed by atoms with Crippen LogP contribution < -0.4 is 5.32 Å². The molecule has 2 aromatic rings. The average molecular weight is 345 g/mol. The van der Waals surface area contributed by atoms with Crippen molar-refractivity contribution in [1.82, 2.24) is 19.9 Å². The smallest absolute Gasteiger partial charge is 0.223 e. The van der Waals surface area contributed by atoms with Gasteiger partial charge in [-0.2, -0.15) is 0 Å². The maximum Gasteiger partial charge on any atom is 0.223 e. The molecule has 1 aliphatic rings. The summed E-state index contributed by atoms with van der Waals surface area (Å²) in [5.74, 6) is 0.836. The molecule has 128 valence electrons. The summed E-state index contributed by atoms with van der Waals surface area (Å²) in [5.41, 5.74) is 1.04. The van der Waals surface area contributed by atoms with Crippen LogP contribution in [-0.4, -0.2) is 38.8 Å². The molecule has 0 radical (unpaired) electrons. The Morgan fingerprint density at radius 2 is 2.21 bits per heavy atom. The number of likely N-dealkylation sites (tertiary alicyclic amines) is 1. The number of thiazole rings is 1. The SMILES string of the molecule is Cc1csc([C@@H]2CCCCN2C(=O)CCCNc2ncccn2)n1. The number of carbonyl (C=O) groups is 1. The van der Waals surface area contributed by atoms with Crippen LogP contribution in [0.5, 0.6) is 0 Å². The number of aryl methyl sites for hydroxylation is 1. The van der Waals surface area contributed by atoms with Gasteiger partial charge < -0.3 is 10.2 Å². The summed E-state index contributed by atoms with van der Waals surface area (Å²) in [5, 5.41) is 6.29. The van der Waals surface area contributed by atoms with Crippen molar-refractivity contribution in [3.63, 3.8) is 0 Å². The zero-order chi connectivity index (χ0) is 16.8. The van der Waals surface area contributed by atoms with E-state index in [1.54, 1.807) is 29.8 Å². The molecule has 1 atom stereocenters. The maximum atomic E-state index is 12.6. The first-order valence-corrected chi connectivity index (χ1v) is 9.34. The Labute approximate surface area is 146 Å². The first-order chi connectivity index (χ1) is 11.7. The van der Waals surface area contributed by atoms with Gasteiger partial charge in [-0.15, -0.1) is 11.3 Å².